The molecule has 0 saturated carbocycles. The highest BCUT2D eigenvalue weighted by Crippen LogP contribution is 2.40. The van der Waals surface area contributed by atoms with Crippen LogP contribution in [0.4, 0.5) is 4.79 Å². The maximum absolute atomic E-state index is 13.6. The summed E-state index contributed by atoms with van der Waals surface area (Å²) in [7, 11) is -8.28. The molecule has 1 aliphatic heterocycles. The first-order valence-electron chi connectivity index (χ1n) is 20.8. The minimum atomic E-state index is -3.10. The number of pyridine rings is 3. The fourth-order valence-electron chi connectivity index (χ4n) is 7.29. The predicted octanol–water partition coefficient (Wildman–Crippen LogP) is 6.75. The average molecular weight is 874 g/mol. The summed E-state index contributed by atoms with van der Waals surface area (Å²) in [5.74, 6) is 0. The smallest absolute Gasteiger partial charge is 0.407 e. The molecule has 328 valence electrons. The van der Waals surface area contributed by atoms with E-state index >= 15 is 0 Å². The standard InChI is InChI=1S/C43H70N7O6P3/c1-13-55-59(12,54)41-27-34(4)23-36(47-41)29-49-19-18-48(28-35-22-32(2)25-39(45-35)57(8,9)52)20-21-50(30-37-24-33(3)26-40(46-37)58(10,11)53)38(31-49)16-14-15-17-44-42(51)56-43(5,6)7/h22-27,38H,13-21,28-31H2,1-12H3,(H,44,51)/t38-,59?/m0/s1. The zero-order valence-corrected chi connectivity index (χ0v) is 40.4. The zero-order chi connectivity index (χ0) is 43.8. The lowest BCUT2D eigenvalue weighted by molar-refractivity contribution is 0.0526. The number of rotatable bonds is 16. The number of alkyl carbamates (subject to hydrolysis) is 1. The molecule has 3 aromatic heterocycles. The number of nitrogens with zero attached hydrogens (tertiary/aromatic N) is 6. The molecular weight excluding hydrogens is 803 g/mol. The number of aryl methyl sites for hydroxylation is 3. The van der Waals surface area contributed by atoms with Crippen molar-refractivity contribution < 1.29 is 27.8 Å². The number of carbonyl (C=O) groups is 1. The topological polar surface area (TPSA) is 147 Å². The Morgan fingerprint density at radius 1 is 0.712 bits per heavy atom. The molecule has 4 heterocycles. The van der Waals surface area contributed by atoms with E-state index in [1.807, 2.05) is 66.7 Å². The Balaban J connectivity index is 1.72. The predicted molar refractivity (Wildman–Crippen MR) is 243 cm³/mol. The normalized spacial score (nSPS) is 17.8. The number of hydrogen-bond donors (Lipinski definition) is 1. The van der Waals surface area contributed by atoms with Crippen molar-refractivity contribution >= 4 is 44.1 Å². The molecule has 1 saturated heterocycles. The SMILES string of the molecule is CCOP(C)(=O)c1cc(C)cc(CN2CCN(Cc3cc(C)cc(P(C)(C)=O)n3)CCN(Cc3cc(C)cc(P(C)(C)=O)n3)[C@@H](CCCCNC(=O)OC(C)(C)C)C2)n1. The van der Waals surface area contributed by atoms with Crippen molar-refractivity contribution in [1.82, 2.24) is 35.0 Å². The van der Waals surface area contributed by atoms with Crippen molar-refractivity contribution in [2.45, 2.75) is 99.0 Å². The molecular formula is C43H70N7O6P3. The van der Waals surface area contributed by atoms with Crippen LogP contribution in [0.3, 0.4) is 0 Å². The molecule has 13 nitrogen and oxygen atoms in total. The number of nitrogens with one attached hydrogen (secondary N) is 1. The Morgan fingerprint density at radius 2 is 1.19 bits per heavy atom. The Hall–Kier alpha value is -2.75. The molecule has 1 amide bonds. The molecule has 3 aromatic rings. The van der Waals surface area contributed by atoms with Crippen molar-refractivity contribution in [3.63, 3.8) is 0 Å². The third-order valence-corrected chi connectivity index (χ3v) is 14.6. The van der Waals surface area contributed by atoms with Gasteiger partial charge in [0.15, 0.2) is 0 Å². The van der Waals surface area contributed by atoms with E-state index in [9.17, 15) is 18.5 Å². The highest BCUT2D eigenvalue weighted by atomic mass is 31.2. The van der Waals surface area contributed by atoms with Gasteiger partial charge >= 0.3 is 6.09 Å². The average Bonchev–Trinajstić information content (AvgIpc) is 3.15. The van der Waals surface area contributed by atoms with Crippen LogP contribution in [0.1, 0.15) is 80.7 Å². The molecule has 16 heteroatoms. The zero-order valence-electron chi connectivity index (χ0n) is 37.7. The maximum atomic E-state index is 13.6. The van der Waals surface area contributed by atoms with Gasteiger partial charge in [0, 0.05) is 71.6 Å². The van der Waals surface area contributed by atoms with Gasteiger partial charge in [-0.25, -0.2) is 19.7 Å². The summed E-state index contributed by atoms with van der Waals surface area (Å²) < 4.78 is 51.1. The van der Waals surface area contributed by atoms with Crippen LogP contribution in [-0.2, 0) is 42.6 Å². The monoisotopic (exact) mass is 873 g/mol. The van der Waals surface area contributed by atoms with Crippen molar-refractivity contribution in [3.8, 4) is 0 Å². The Bertz CT molecular complexity index is 2050. The van der Waals surface area contributed by atoms with Crippen LogP contribution in [0.25, 0.3) is 0 Å². The van der Waals surface area contributed by atoms with Crippen LogP contribution in [-0.4, -0.2) is 127 Å². The van der Waals surface area contributed by atoms with Gasteiger partial charge in [-0.1, -0.05) is 6.42 Å². The van der Waals surface area contributed by atoms with Crippen LogP contribution in [0.5, 0.6) is 0 Å². The van der Waals surface area contributed by atoms with Crippen LogP contribution in [0, 0.1) is 20.8 Å². The number of ether oxygens (including phenoxy) is 1. The molecule has 1 fully saturated rings. The van der Waals surface area contributed by atoms with E-state index in [1.165, 1.54) is 0 Å². The van der Waals surface area contributed by atoms with Gasteiger partial charge in [0.05, 0.1) is 34.6 Å². The number of amides is 1. The second-order valence-corrected chi connectivity index (χ2v) is 26.7. The molecule has 0 aromatic carbocycles. The van der Waals surface area contributed by atoms with Gasteiger partial charge in [0.25, 0.3) is 0 Å². The summed E-state index contributed by atoms with van der Waals surface area (Å²) in [5, 5.41) is 2.91. The van der Waals surface area contributed by atoms with Crippen LogP contribution >= 0.6 is 21.7 Å². The van der Waals surface area contributed by atoms with E-state index in [0.717, 1.165) is 85.8 Å². The molecule has 59 heavy (non-hydrogen) atoms. The van der Waals surface area contributed by atoms with Crippen LogP contribution < -0.4 is 21.6 Å². The van der Waals surface area contributed by atoms with E-state index < -0.39 is 33.3 Å². The highest BCUT2D eigenvalue weighted by Gasteiger charge is 2.28. The van der Waals surface area contributed by atoms with Crippen molar-refractivity contribution in [3.05, 3.63) is 70.2 Å². The van der Waals surface area contributed by atoms with Crippen molar-refractivity contribution in [1.29, 1.82) is 0 Å². The van der Waals surface area contributed by atoms with Gasteiger partial charge in [-0.3, -0.25) is 19.3 Å². The van der Waals surface area contributed by atoms with Gasteiger partial charge in [-0.05, 0) is 141 Å². The Labute approximate surface area is 354 Å². The molecule has 1 N–H and O–H groups in total. The van der Waals surface area contributed by atoms with Crippen molar-refractivity contribution in [2.75, 3.05) is 79.2 Å². The number of aromatic nitrogens is 3. The van der Waals surface area contributed by atoms with Gasteiger partial charge in [-0.2, -0.15) is 0 Å². The van der Waals surface area contributed by atoms with Gasteiger partial charge in [0.2, 0.25) is 7.37 Å². The molecule has 0 bridgehead atoms. The number of unbranched alkanes of at least 4 members (excludes halogenated alkanes) is 1. The molecule has 0 radical (unpaired) electrons. The highest BCUT2D eigenvalue weighted by molar-refractivity contribution is 7.70. The molecule has 0 spiro atoms. The Morgan fingerprint density at radius 3 is 1.71 bits per heavy atom. The minimum absolute atomic E-state index is 0.0945. The summed E-state index contributed by atoms with van der Waals surface area (Å²) in [6.07, 6.45) is 2.09. The van der Waals surface area contributed by atoms with E-state index in [1.54, 1.807) is 33.3 Å². The lowest BCUT2D eigenvalue weighted by atomic mass is 10.1. The van der Waals surface area contributed by atoms with Gasteiger partial charge < -0.3 is 23.7 Å². The van der Waals surface area contributed by atoms with Crippen LogP contribution in [0.15, 0.2) is 36.4 Å². The molecule has 0 aliphatic carbocycles. The van der Waals surface area contributed by atoms with Gasteiger partial charge in [0.1, 0.15) is 25.3 Å². The molecule has 1 aliphatic rings. The van der Waals surface area contributed by atoms with E-state index in [0.29, 0.717) is 49.1 Å². The van der Waals surface area contributed by atoms with Crippen LogP contribution in [0.2, 0.25) is 0 Å². The van der Waals surface area contributed by atoms with E-state index in [2.05, 4.69) is 38.2 Å². The molecule has 2 atom stereocenters. The summed E-state index contributed by atoms with van der Waals surface area (Å²) in [4.78, 5) is 34.5. The molecule has 4 rings (SSSR count). The number of carbonyl (C=O) groups excluding carboxylic acids is 1. The lowest BCUT2D eigenvalue weighted by Crippen LogP contribution is -2.45. The fourth-order valence-corrected chi connectivity index (χ4v) is 10.4. The first kappa shape index (κ1) is 48.9. The third-order valence-electron chi connectivity index (χ3n) is 10.1. The lowest BCUT2D eigenvalue weighted by Gasteiger charge is -2.35. The van der Waals surface area contributed by atoms with Crippen molar-refractivity contribution in [2.24, 2.45) is 0 Å². The quantitative estimate of drug-likeness (QED) is 0.120. The summed E-state index contributed by atoms with van der Waals surface area (Å²) in [6, 6.07) is 12.1. The largest absolute Gasteiger partial charge is 0.444 e. The van der Waals surface area contributed by atoms with E-state index in [4.69, 9.17) is 24.2 Å². The summed E-state index contributed by atoms with van der Waals surface area (Å²) in [6.45, 7) is 28.4. The third kappa shape index (κ3) is 16.2. The fraction of sp³-hybridized carbons (Fsp3) is 0.628. The Kier molecular flexibility index (Phi) is 17.3. The number of hydrogen-bond acceptors (Lipinski definition) is 12. The summed E-state index contributed by atoms with van der Waals surface area (Å²) >= 11 is 0. The second-order valence-electron chi connectivity index (χ2n) is 18.0. The minimum Gasteiger partial charge on any atom is -0.444 e. The molecule has 1 unspecified atom stereocenters. The summed E-state index contributed by atoms with van der Waals surface area (Å²) in [5.41, 5.74) is 6.83. The second kappa shape index (κ2) is 20.9. The first-order valence-corrected chi connectivity index (χ1v) is 28.1. The first-order chi connectivity index (χ1) is 27.4. The maximum Gasteiger partial charge on any atom is 0.407 e. The van der Waals surface area contributed by atoms with Gasteiger partial charge in [-0.15, -0.1) is 0 Å². The van der Waals surface area contributed by atoms with E-state index in [-0.39, 0.29) is 6.04 Å².